The highest BCUT2D eigenvalue weighted by atomic mass is 32.1. The number of allylic oxidation sites excluding steroid dienone is 1. The zero-order valence-corrected chi connectivity index (χ0v) is 10.1. The molecule has 2 nitrogen and oxygen atoms in total. The minimum absolute atomic E-state index is 0.0276. The van der Waals surface area contributed by atoms with E-state index >= 15 is 0 Å². The molecule has 0 aliphatic carbocycles. The third kappa shape index (κ3) is 1.48. The van der Waals surface area contributed by atoms with Crippen molar-refractivity contribution < 1.29 is 0 Å². The zero-order chi connectivity index (χ0) is 11.2. The average molecular weight is 228 g/mol. The molecule has 80 valence electrons. The molecular formula is C13H12N2S. The number of hydrogen-bond donors (Lipinski definition) is 0. The number of hydrogen-bond acceptors (Lipinski definition) is 3. The maximum Gasteiger partial charge on any atom is 0.107 e. The Morgan fingerprint density at radius 1 is 1.31 bits per heavy atom. The van der Waals surface area contributed by atoms with Gasteiger partial charge in [0.15, 0.2) is 0 Å². The van der Waals surface area contributed by atoms with Crippen LogP contribution in [-0.4, -0.2) is 11.2 Å². The van der Waals surface area contributed by atoms with Crippen molar-refractivity contribution in [2.45, 2.75) is 13.8 Å². The van der Waals surface area contributed by atoms with Gasteiger partial charge >= 0.3 is 0 Å². The monoisotopic (exact) mass is 228 g/mol. The van der Waals surface area contributed by atoms with E-state index in [9.17, 15) is 0 Å². The standard InChI is InChI=1S/C13H12N2S/c1-13(2)6-5-10-12(15-8-13)11-9(16-10)4-3-7-14-11/h3-8H,1-2H3. The van der Waals surface area contributed by atoms with Crippen LogP contribution in [0.5, 0.6) is 0 Å². The van der Waals surface area contributed by atoms with Crippen molar-refractivity contribution in [3.8, 4) is 0 Å². The van der Waals surface area contributed by atoms with Crippen molar-refractivity contribution in [1.29, 1.82) is 0 Å². The lowest BCUT2D eigenvalue weighted by Crippen LogP contribution is -2.07. The molecule has 1 aliphatic rings. The molecule has 0 aromatic carbocycles. The first-order valence-corrected chi connectivity index (χ1v) is 6.09. The summed E-state index contributed by atoms with van der Waals surface area (Å²) in [5, 5.41) is 0. The minimum Gasteiger partial charge on any atom is -0.257 e. The smallest absolute Gasteiger partial charge is 0.107 e. The van der Waals surface area contributed by atoms with E-state index in [0.717, 1.165) is 11.2 Å². The third-order valence-corrected chi connectivity index (χ3v) is 3.74. The first-order valence-electron chi connectivity index (χ1n) is 5.28. The van der Waals surface area contributed by atoms with Crippen LogP contribution in [0.3, 0.4) is 0 Å². The molecule has 3 rings (SSSR count). The van der Waals surface area contributed by atoms with Gasteiger partial charge in [0.1, 0.15) is 11.2 Å². The quantitative estimate of drug-likeness (QED) is 0.667. The topological polar surface area (TPSA) is 25.2 Å². The number of pyridine rings is 1. The van der Waals surface area contributed by atoms with Gasteiger partial charge in [-0.2, -0.15) is 0 Å². The van der Waals surface area contributed by atoms with Crippen LogP contribution in [0.4, 0.5) is 5.69 Å². The SMILES string of the molecule is CC1(C)C=Cc2sc3cccnc3c2N=C1. The number of fused-ring (bicyclic) bond motifs is 3. The molecule has 0 atom stereocenters. The van der Waals surface area contributed by atoms with E-state index in [-0.39, 0.29) is 5.41 Å². The fourth-order valence-electron chi connectivity index (χ4n) is 1.74. The van der Waals surface area contributed by atoms with Crippen LogP contribution in [0.2, 0.25) is 0 Å². The molecule has 0 N–H and O–H groups in total. The zero-order valence-electron chi connectivity index (χ0n) is 9.27. The van der Waals surface area contributed by atoms with E-state index in [2.05, 4.69) is 42.0 Å². The summed E-state index contributed by atoms with van der Waals surface area (Å²) in [6.45, 7) is 4.30. The van der Waals surface area contributed by atoms with Crippen LogP contribution in [0.15, 0.2) is 29.4 Å². The van der Waals surface area contributed by atoms with Crippen LogP contribution in [0, 0.1) is 5.41 Å². The largest absolute Gasteiger partial charge is 0.257 e. The summed E-state index contributed by atoms with van der Waals surface area (Å²) in [6, 6.07) is 4.06. The van der Waals surface area contributed by atoms with Crippen molar-refractivity contribution in [1.82, 2.24) is 4.98 Å². The first-order chi connectivity index (χ1) is 7.66. The summed E-state index contributed by atoms with van der Waals surface area (Å²) in [6.07, 6.45) is 8.17. The van der Waals surface area contributed by atoms with Crippen molar-refractivity contribution in [3.05, 3.63) is 29.3 Å². The third-order valence-electron chi connectivity index (χ3n) is 2.64. The maximum atomic E-state index is 4.59. The predicted octanol–water partition coefficient (Wildman–Crippen LogP) is 4.05. The predicted molar refractivity (Wildman–Crippen MR) is 70.6 cm³/mol. The molecule has 0 fully saturated rings. The summed E-state index contributed by atoms with van der Waals surface area (Å²) in [5.41, 5.74) is 2.06. The van der Waals surface area contributed by atoms with Gasteiger partial charge in [-0.15, -0.1) is 11.3 Å². The second kappa shape index (κ2) is 3.25. The molecule has 3 heterocycles. The molecule has 0 spiro atoms. The van der Waals surface area contributed by atoms with E-state index in [0.29, 0.717) is 0 Å². The van der Waals surface area contributed by atoms with Crippen LogP contribution in [0.25, 0.3) is 16.3 Å². The molecule has 0 bridgehead atoms. The Kier molecular flexibility index (Phi) is 1.98. The number of aromatic nitrogens is 1. The highest BCUT2D eigenvalue weighted by Gasteiger charge is 2.17. The lowest BCUT2D eigenvalue weighted by atomic mass is 9.95. The van der Waals surface area contributed by atoms with E-state index in [1.807, 2.05) is 18.5 Å². The van der Waals surface area contributed by atoms with Crippen LogP contribution in [-0.2, 0) is 0 Å². The molecule has 3 heteroatoms. The molecule has 1 aliphatic heterocycles. The average Bonchev–Trinajstić information content (AvgIpc) is 2.54. The van der Waals surface area contributed by atoms with Crippen molar-refractivity contribution in [2.75, 3.05) is 0 Å². The summed E-state index contributed by atoms with van der Waals surface area (Å²) in [7, 11) is 0. The van der Waals surface area contributed by atoms with Gasteiger partial charge in [0.05, 0.1) is 9.58 Å². The van der Waals surface area contributed by atoms with Crippen molar-refractivity contribution in [3.63, 3.8) is 0 Å². The first kappa shape index (κ1) is 9.73. The van der Waals surface area contributed by atoms with Crippen LogP contribution >= 0.6 is 11.3 Å². The van der Waals surface area contributed by atoms with Gasteiger partial charge < -0.3 is 0 Å². The van der Waals surface area contributed by atoms with E-state index < -0.39 is 0 Å². The molecule has 0 amide bonds. The Morgan fingerprint density at radius 2 is 2.19 bits per heavy atom. The van der Waals surface area contributed by atoms with Gasteiger partial charge in [0, 0.05) is 17.8 Å². The fraction of sp³-hybridized carbons (Fsp3) is 0.231. The van der Waals surface area contributed by atoms with Gasteiger partial charge in [0.25, 0.3) is 0 Å². The second-order valence-corrected chi connectivity index (χ2v) is 5.66. The number of aliphatic imine (C=N–C) groups is 1. The van der Waals surface area contributed by atoms with Gasteiger partial charge in [-0.1, -0.05) is 19.9 Å². The van der Waals surface area contributed by atoms with E-state index in [1.54, 1.807) is 11.3 Å². The van der Waals surface area contributed by atoms with E-state index in [1.165, 1.54) is 9.58 Å². The molecule has 0 saturated carbocycles. The minimum atomic E-state index is 0.0276. The Labute approximate surface area is 98.4 Å². The Bertz CT molecular complexity index is 605. The Balaban J connectivity index is 2.30. The summed E-state index contributed by atoms with van der Waals surface area (Å²) >= 11 is 1.75. The highest BCUT2D eigenvalue weighted by Crippen LogP contribution is 2.39. The van der Waals surface area contributed by atoms with E-state index in [4.69, 9.17) is 0 Å². The van der Waals surface area contributed by atoms with Gasteiger partial charge in [-0.05, 0) is 18.2 Å². The van der Waals surface area contributed by atoms with Gasteiger partial charge in [-0.3, -0.25) is 9.98 Å². The lowest BCUT2D eigenvalue weighted by molar-refractivity contribution is 0.699. The number of rotatable bonds is 0. The van der Waals surface area contributed by atoms with Gasteiger partial charge in [0.2, 0.25) is 0 Å². The number of thiophene rings is 1. The molecule has 16 heavy (non-hydrogen) atoms. The molecule has 2 aromatic heterocycles. The Morgan fingerprint density at radius 3 is 3.06 bits per heavy atom. The molecule has 0 saturated heterocycles. The van der Waals surface area contributed by atoms with Crippen molar-refractivity contribution in [2.24, 2.45) is 10.4 Å². The van der Waals surface area contributed by atoms with Crippen LogP contribution in [0.1, 0.15) is 18.7 Å². The molecule has 0 unspecified atom stereocenters. The highest BCUT2D eigenvalue weighted by molar-refractivity contribution is 7.20. The van der Waals surface area contributed by atoms with Crippen molar-refractivity contribution >= 4 is 39.5 Å². The normalized spacial score (nSPS) is 17.4. The summed E-state index contributed by atoms with van der Waals surface area (Å²) < 4.78 is 1.20. The molecular weight excluding hydrogens is 216 g/mol. The Hall–Kier alpha value is -1.48. The van der Waals surface area contributed by atoms with Gasteiger partial charge in [-0.25, -0.2) is 0 Å². The molecule has 0 radical (unpaired) electrons. The summed E-state index contributed by atoms with van der Waals surface area (Å²) in [4.78, 5) is 10.2. The lowest BCUT2D eigenvalue weighted by Gasteiger charge is -2.10. The van der Waals surface area contributed by atoms with Crippen LogP contribution < -0.4 is 0 Å². The second-order valence-electron chi connectivity index (χ2n) is 4.58. The summed E-state index contributed by atoms with van der Waals surface area (Å²) in [5.74, 6) is 0. The maximum absolute atomic E-state index is 4.59. The molecule has 2 aromatic rings. The number of nitrogens with zero attached hydrogens (tertiary/aromatic N) is 2. The fourth-order valence-corrected chi connectivity index (χ4v) is 2.75.